The zero-order chi connectivity index (χ0) is 11.7. The molecule has 0 spiro atoms. The minimum absolute atomic E-state index is 0.619. The molecule has 1 aromatic carbocycles. The Labute approximate surface area is 101 Å². The van der Waals surface area contributed by atoms with Crippen LogP contribution in [0.2, 0.25) is 0 Å². The van der Waals surface area contributed by atoms with Crippen LogP contribution in [0.4, 0.5) is 5.69 Å². The van der Waals surface area contributed by atoms with Gasteiger partial charge in [-0.25, -0.2) is 4.98 Å². The van der Waals surface area contributed by atoms with Gasteiger partial charge in [0.15, 0.2) is 0 Å². The number of benzene rings is 1. The van der Waals surface area contributed by atoms with Gasteiger partial charge in [-0.3, -0.25) is 0 Å². The number of aromatic nitrogens is 2. The molecule has 1 saturated carbocycles. The molecule has 1 aliphatic carbocycles. The predicted octanol–water partition coefficient (Wildman–Crippen LogP) is 3.25. The molecule has 1 aromatic heterocycles. The Morgan fingerprint density at radius 3 is 2.82 bits per heavy atom. The van der Waals surface area contributed by atoms with Crippen molar-refractivity contribution in [1.29, 1.82) is 0 Å². The summed E-state index contributed by atoms with van der Waals surface area (Å²) in [6.07, 6.45) is 9.18. The molecule has 3 rings (SSSR count). The monoisotopic (exact) mass is 227 g/mol. The molecular formula is C14H17N3. The van der Waals surface area contributed by atoms with Crippen molar-refractivity contribution in [2.24, 2.45) is 0 Å². The minimum atomic E-state index is 0.619. The van der Waals surface area contributed by atoms with Crippen molar-refractivity contribution in [2.45, 2.75) is 31.7 Å². The van der Waals surface area contributed by atoms with Crippen LogP contribution in [0.15, 0.2) is 36.7 Å². The number of nitrogens with zero attached hydrogens (tertiary/aromatic N) is 2. The molecule has 88 valence electrons. The Morgan fingerprint density at radius 1 is 1.24 bits per heavy atom. The lowest BCUT2D eigenvalue weighted by Crippen LogP contribution is -2.05. The second-order valence-electron chi connectivity index (χ2n) is 4.72. The maximum atomic E-state index is 5.83. The van der Waals surface area contributed by atoms with Crippen LogP contribution in [-0.4, -0.2) is 9.55 Å². The van der Waals surface area contributed by atoms with Gasteiger partial charge in [-0.2, -0.15) is 0 Å². The Morgan fingerprint density at radius 2 is 2.06 bits per heavy atom. The number of hydrogen-bond acceptors (Lipinski definition) is 2. The van der Waals surface area contributed by atoms with Gasteiger partial charge in [0.2, 0.25) is 0 Å². The van der Waals surface area contributed by atoms with E-state index in [0.717, 1.165) is 17.1 Å². The maximum absolute atomic E-state index is 5.83. The molecular weight excluding hydrogens is 210 g/mol. The lowest BCUT2D eigenvalue weighted by molar-refractivity contribution is 0.523. The summed E-state index contributed by atoms with van der Waals surface area (Å²) in [6, 6.07) is 8.58. The van der Waals surface area contributed by atoms with E-state index in [0.29, 0.717) is 6.04 Å². The first-order chi connectivity index (χ1) is 8.34. The summed E-state index contributed by atoms with van der Waals surface area (Å²) in [4.78, 5) is 4.48. The van der Waals surface area contributed by atoms with E-state index in [9.17, 15) is 0 Å². The van der Waals surface area contributed by atoms with Crippen LogP contribution in [0, 0.1) is 0 Å². The molecule has 2 N–H and O–H groups in total. The first-order valence-corrected chi connectivity index (χ1v) is 6.23. The largest absolute Gasteiger partial charge is 0.399 e. The van der Waals surface area contributed by atoms with E-state index in [-0.39, 0.29) is 0 Å². The van der Waals surface area contributed by atoms with Gasteiger partial charge in [0.25, 0.3) is 0 Å². The highest BCUT2D eigenvalue weighted by molar-refractivity contribution is 5.61. The molecule has 3 nitrogen and oxygen atoms in total. The SMILES string of the molecule is Nc1cccc(-c2nccn2C2CCCC2)c1. The fourth-order valence-corrected chi connectivity index (χ4v) is 2.69. The number of nitrogen functional groups attached to an aromatic ring is 1. The second-order valence-corrected chi connectivity index (χ2v) is 4.72. The van der Waals surface area contributed by atoms with E-state index in [1.807, 2.05) is 24.4 Å². The van der Waals surface area contributed by atoms with Crippen LogP contribution in [0.25, 0.3) is 11.4 Å². The Kier molecular flexibility index (Phi) is 2.59. The average molecular weight is 227 g/mol. The van der Waals surface area contributed by atoms with Gasteiger partial charge in [-0.05, 0) is 25.0 Å². The zero-order valence-electron chi connectivity index (χ0n) is 9.84. The molecule has 2 aromatic rings. The number of nitrogens with two attached hydrogens (primary N) is 1. The fourth-order valence-electron chi connectivity index (χ4n) is 2.69. The molecule has 0 radical (unpaired) electrons. The van der Waals surface area contributed by atoms with Crippen molar-refractivity contribution in [3.63, 3.8) is 0 Å². The molecule has 1 fully saturated rings. The minimum Gasteiger partial charge on any atom is -0.399 e. The van der Waals surface area contributed by atoms with Crippen LogP contribution < -0.4 is 5.73 Å². The lowest BCUT2D eigenvalue weighted by atomic mass is 10.1. The predicted molar refractivity (Wildman–Crippen MR) is 69.6 cm³/mol. The van der Waals surface area contributed by atoms with Crippen LogP contribution in [-0.2, 0) is 0 Å². The molecule has 1 aliphatic rings. The summed E-state index contributed by atoms with van der Waals surface area (Å²) >= 11 is 0. The summed E-state index contributed by atoms with van der Waals surface area (Å²) in [5, 5.41) is 0. The number of hydrogen-bond donors (Lipinski definition) is 1. The number of anilines is 1. The molecule has 1 heterocycles. The van der Waals surface area contributed by atoms with Gasteiger partial charge in [-0.1, -0.05) is 25.0 Å². The Balaban J connectivity index is 2.00. The van der Waals surface area contributed by atoms with Crippen molar-refractivity contribution in [2.75, 3.05) is 5.73 Å². The standard InChI is InChI=1S/C14H17N3/c15-12-5-3-4-11(10-12)14-16-8-9-17(14)13-6-1-2-7-13/h3-5,8-10,13H,1-2,6-7,15H2. The number of imidazole rings is 1. The molecule has 3 heteroatoms. The second kappa shape index (κ2) is 4.24. The molecule has 0 unspecified atom stereocenters. The summed E-state index contributed by atoms with van der Waals surface area (Å²) < 4.78 is 2.31. The highest BCUT2D eigenvalue weighted by Crippen LogP contribution is 2.33. The van der Waals surface area contributed by atoms with Gasteiger partial charge in [0.1, 0.15) is 5.82 Å². The Hall–Kier alpha value is -1.77. The fraction of sp³-hybridized carbons (Fsp3) is 0.357. The maximum Gasteiger partial charge on any atom is 0.140 e. The van der Waals surface area contributed by atoms with Gasteiger partial charge in [0, 0.05) is 29.7 Å². The molecule has 0 amide bonds. The third-order valence-corrected chi connectivity index (χ3v) is 3.53. The van der Waals surface area contributed by atoms with E-state index in [1.54, 1.807) is 0 Å². The smallest absolute Gasteiger partial charge is 0.140 e. The lowest BCUT2D eigenvalue weighted by Gasteiger charge is -2.15. The first-order valence-electron chi connectivity index (χ1n) is 6.23. The topological polar surface area (TPSA) is 43.8 Å². The van der Waals surface area contributed by atoms with Crippen molar-refractivity contribution >= 4 is 5.69 Å². The van der Waals surface area contributed by atoms with Crippen molar-refractivity contribution in [3.05, 3.63) is 36.7 Å². The highest BCUT2D eigenvalue weighted by Gasteiger charge is 2.19. The van der Waals surface area contributed by atoms with Crippen LogP contribution >= 0.6 is 0 Å². The molecule has 0 atom stereocenters. The summed E-state index contributed by atoms with van der Waals surface area (Å²) in [5.41, 5.74) is 7.74. The van der Waals surface area contributed by atoms with E-state index in [4.69, 9.17) is 5.73 Å². The van der Waals surface area contributed by atoms with Gasteiger partial charge in [-0.15, -0.1) is 0 Å². The van der Waals surface area contributed by atoms with Crippen LogP contribution in [0.5, 0.6) is 0 Å². The van der Waals surface area contributed by atoms with E-state index in [2.05, 4.69) is 21.8 Å². The molecule has 0 aliphatic heterocycles. The highest BCUT2D eigenvalue weighted by atomic mass is 15.1. The van der Waals surface area contributed by atoms with E-state index < -0.39 is 0 Å². The van der Waals surface area contributed by atoms with E-state index >= 15 is 0 Å². The Bertz CT molecular complexity index is 510. The quantitative estimate of drug-likeness (QED) is 0.800. The molecule has 0 bridgehead atoms. The first kappa shape index (κ1) is 10.4. The molecule has 17 heavy (non-hydrogen) atoms. The third kappa shape index (κ3) is 1.93. The van der Waals surface area contributed by atoms with Crippen LogP contribution in [0.1, 0.15) is 31.7 Å². The van der Waals surface area contributed by atoms with Crippen molar-refractivity contribution in [1.82, 2.24) is 9.55 Å². The number of rotatable bonds is 2. The van der Waals surface area contributed by atoms with Crippen molar-refractivity contribution in [3.8, 4) is 11.4 Å². The van der Waals surface area contributed by atoms with Gasteiger partial charge >= 0.3 is 0 Å². The summed E-state index contributed by atoms with van der Waals surface area (Å²) in [6.45, 7) is 0. The van der Waals surface area contributed by atoms with Gasteiger partial charge in [0.05, 0.1) is 0 Å². The summed E-state index contributed by atoms with van der Waals surface area (Å²) in [7, 11) is 0. The van der Waals surface area contributed by atoms with Gasteiger partial charge < -0.3 is 10.3 Å². The normalized spacial score (nSPS) is 16.5. The molecule has 0 saturated heterocycles. The average Bonchev–Trinajstić information content (AvgIpc) is 3.00. The van der Waals surface area contributed by atoms with E-state index in [1.165, 1.54) is 25.7 Å². The van der Waals surface area contributed by atoms with Crippen LogP contribution in [0.3, 0.4) is 0 Å². The third-order valence-electron chi connectivity index (χ3n) is 3.53. The zero-order valence-corrected chi connectivity index (χ0v) is 9.84. The van der Waals surface area contributed by atoms with Crippen molar-refractivity contribution < 1.29 is 0 Å². The summed E-state index contributed by atoms with van der Waals surface area (Å²) in [5.74, 6) is 1.05.